The van der Waals surface area contributed by atoms with Crippen LogP contribution in [0.5, 0.6) is 0 Å². The number of carbonyl (C=O) groups is 2. The van der Waals surface area contributed by atoms with E-state index in [1.807, 2.05) is 0 Å². The van der Waals surface area contributed by atoms with Gasteiger partial charge in [-0.1, -0.05) is 18.2 Å². The van der Waals surface area contributed by atoms with E-state index in [2.05, 4.69) is 5.32 Å². The third-order valence-electron chi connectivity index (χ3n) is 3.95. The normalized spacial score (nSPS) is 14.8. The highest BCUT2D eigenvalue weighted by Gasteiger charge is 2.38. The van der Waals surface area contributed by atoms with Crippen LogP contribution in [0.2, 0.25) is 0 Å². The summed E-state index contributed by atoms with van der Waals surface area (Å²) in [4.78, 5) is 23.2. The fraction of sp³-hybridized carbons (Fsp3) is 0.529. The average Bonchev–Trinajstić information content (AvgIpc) is 2.72. The molecule has 9 nitrogen and oxygen atoms in total. The zero-order valence-electron chi connectivity index (χ0n) is 16.3. The number of carboxylic acid groups (broad SMARTS) is 1. The summed E-state index contributed by atoms with van der Waals surface area (Å²) in [5.41, 5.74) is 0. The number of carbonyl (C=O) groups excluding carboxylic acids is 1. The Hall–Kier alpha value is -2.22. The molecule has 0 radical (unpaired) electrons. The lowest BCUT2D eigenvalue weighted by Crippen LogP contribution is -2.50. The Bertz CT molecular complexity index is 784. The molecular weight excluding hydrogens is 431 g/mol. The Morgan fingerprint density at radius 1 is 1.20 bits per heavy atom. The summed E-state index contributed by atoms with van der Waals surface area (Å²) in [6.07, 6.45) is -5.08. The first-order chi connectivity index (χ1) is 14.0. The highest BCUT2D eigenvalue weighted by Crippen LogP contribution is 2.15. The molecule has 1 fully saturated rings. The number of methoxy groups -OCH3 is 1. The zero-order chi connectivity index (χ0) is 22.8. The molecule has 1 amide bonds. The number of aliphatic carboxylic acids is 1. The van der Waals surface area contributed by atoms with Gasteiger partial charge in [0.25, 0.3) is 0 Å². The Kier molecular flexibility index (Phi) is 10.2. The van der Waals surface area contributed by atoms with Crippen LogP contribution in [0.4, 0.5) is 13.2 Å². The first kappa shape index (κ1) is 25.8. The van der Waals surface area contributed by atoms with E-state index in [0.717, 1.165) is 13.1 Å². The molecule has 13 heteroatoms. The molecule has 1 aromatic carbocycles. The van der Waals surface area contributed by atoms with Crippen molar-refractivity contribution in [2.75, 3.05) is 53.0 Å². The number of nitrogens with one attached hydrogen (secondary N) is 1. The minimum atomic E-state index is -5.08. The minimum Gasteiger partial charge on any atom is -0.475 e. The lowest BCUT2D eigenvalue weighted by Gasteiger charge is -2.30. The standard InChI is InChI=1S/C15H23N3O4S.C2HF3O2/c1-22-12-11-18(13-15(19)17-9-7-16-8-10-17)23(20,21)14-5-3-2-4-6-14;3-2(4,5)1(6)7/h2-6,16H,7-13H2,1H3;(H,6,7). The monoisotopic (exact) mass is 455 g/mol. The molecule has 1 saturated heterocycles. The van der Waals surface area contributed by atoms with Crippen molar-refractivity contribution in [2.45, 2.75) is 11.1 Å². The van der Waals surface area contributed by atoms with Crippen LogP contribution in [0, 0.1) is 0 Å². The molecule has 0 saturated carbocycles. The third-order valence-corrected chi connectivity index (χ3v) is 5.81. The number of amides is 1. The molecule has 1 aliphatic rings. The van der Waals surface area contributed by atoms with Crippen LogP contribution in [-0.2, 0) is 24.3 Å². The van der Waals surface area contributed by atoms with Gasteiger partial charge < -0.3 is 20.1 Å². The van der Waals surface area contributed by atoms with Gasteiger partial charge in [0.05, 0.1) is 18.0 Å². The number of carboxylic acids is 1. The van der Waals surface area contributed by atoms with Crippen LogP contribution in [0.1, 0.15) is 0 Å². The quantitative estimate of drug-likeness (QED) is 0.611. The maximum Gasteiger partial charge on any atom is 0.490 e. The molecule has 1 heterocycles. The summed E-state index contributed by atoms with van der Waals surface area (Å²) in [6, 6.07) is 8.15. The van der Waals surface area contributed by atoms with Crippen LogP contribution >= 0.6 is 0 Å². The van der Waals surface area contributed by atoms with Crippen molar-refractivity contribution in [3.63, 3.8) is 0 Å². The number of hydrogen-bond acceptors (Lipinski definition) is 6. The third kappa shape index (κ3) is 8.26. The number of hydrogen-bond donors (Lipinski definition) is 2. The molecule has 2 N–H and O–H groups in total. The highest BCUT2D eigenvalue weighted by atomic mass is 32.2. The van der Waals surface area contributed by atoms with Gasteiger partial charge in [-0.25, -0.2) is 13.2 Å². The molecule has 0 bridgehead atoms. The Morgan fingerprint density at radius 3 is 2.20 bits per heavy atom. The number of ether oxygens (including phenoxy) is 1. The van der Waals surface area contributed by atoms with Crippen LogP contribution < -0.4 is 5.32 Å². The first-order valence-electron chi connectivity index (χ1n) is 8.83. The van der Waals surface area contributed by atoms with Crippen molar-refractivity contribution in [1.29, 1.82) is 0 Å². The fourth-order valence-electron chi connectivity index (χ4n) is 2.38. The molecule has 170 valence electrons. The van der Waals surface area contributed by atoms with Gasteiger partial charge in [-0.3, -0.25) is 4.79 Å². The highest BCUT2D eigenvalue weighted by molar-refractivity contribution is 7.89. The zero-order valence-corrected chi connectivity index (χ0v) is 17.1. The van der Waals surface area contributed by atoms with Gasteiger partial charge in [0.15, 0.2) is 0 Å². The second-order valence-electron chi connectivity index (χ2n) is 6.08. The van der Waals surface area contributed by atoms with E-state index in [9.17, 15) is 26.4 Å². The van der Waals surface area contributed by atoms with Crippen molar-refractivity contribution in [3.05, 3.63) is 30.3 Å². The number of benzene rings is 1. The van der Waals surface area contributed by atoms with E-state index >= 15 is 0 Å². The molecule has 0 spiro atoms. The van der Waals surface area contributed by atoms with Crippen molar-refractivity contribution in [1.82, 2.24) is 14.5 Å². The Labute approximate surface area is 172 Å². The number of nitrogens with zero attached hydrogens (tertiary/aromatic N) is 2. The van der Waals surface area contributed by atoms with Crippen molar-refractivity contribution < 1.29 is 41.0 Å². The molecule has 0 atom stereocenters. The second-order valence-corrected chi connectivity index (χ2v) is 8.02. The number of piperazine rings is 1. The molecule has 0 aromatic heterocycles. The average molecular weight is 455 g/mol. The maximum atomic E-state index is 12.7. The van der Waals surface area contributed by atoms with Crippen molar-refractivity contribution in [2.24, 2.45) is 0 Å². The van der Waals surface area contributed by atoms with Crippen LogP contribution in [0.3, 0.4) is 0 Å². The summed E-state index contributed by atoms with van der Waals surface area (Å²) in [6.45, 7) is 2.88. The van der Waals surface area contributed by atoms with Gasteiger partial charge in [-0.2, -0.15) is 17.5 Å². The van der Waals surface area contributed by atoms with E-state index in [1.165, 1.54) is 23.5 Å². The molecule has 1 aromatic rings. The molecule has 2 rings (SSSR count). The van der Waals surface area contributed by atoms with Crippen LogP contribution in [0.25, 0.3) is 0 Å². The molecule has 30 heavy (non-hydrogen) atoms. The van der Waals surface area contributed by atoms with Gasteiger partial charge >= 0.3 is 12.1 Å². The molecule has 1 aliphatic heterocycles. The number of sulfonamides is 1. The Morgan fingerprint density at radius 2 is 1.73 bits per heavy atom. The summed E-state index contributed by atoms with van der Waals surface area (Å²) in [5.74, 6) is -2.94. The molecular formula is C17H24F3N3O6S. The van der Waals surface area contributed by atoms with E-state index in [4.69, 9.17) is 14.6 Å². The topological polar surface area (TPSA) is 116 Å². The Balaban J connectivity index is 0.000000553. The minimum absolute atomic E-state index is 0.144. The van der Waals surface area contributed by atoms with Gasteiger partial charge in [0.2, 0.25) is 15.9 Å². The van der Waals surface area contributed by atoms with Crippen molar-refractivity contribution in [3.8, 4) is 0 Å². The van der Waals surface area contributed by atoms with Gasteiger partial charge in [0, 0.05) is 39.8 Å². The van der Waals surface area contributed by atoms with Crippen LogP contribution in [0.15, 0.2) is 35.2 Å². The summed E-state index contributed by atoms with van der Waals surface area (Å²) in [7, 11) is -2.21. The summed E-state index contributed by atoms with van der Waals surface area (Å²) in [5, 5.41) is 10.3. The second kappa shape index (κ2) is 11.8. The molecule has 0 aliphatic carbocycles. The van der Waals surface area contributed by atoms with Gasteiger partial charge in [-0.05, 0) is 12.1 Å². The smallest absolute Gasteiger partial charge is 0.475 e. The number of alkyl halides is 3. The van der Waals surface area contributed by atoms with E-state index in [1.54, 1.807) is 23.1 Å². The van der Waals surface area contributed by atoms with Gasteiger partial charge in [0.1, 0.15) is 0 Å². The number of halogens is 3. The summed E-state index contributed by atoms with van der Waals surface area (Å²) < 4.78 is 63.4. The maximum absolute atomic E-state index is 12.7. The lowest BCUT2D eigenvalue weighted by molar-refractivity contribution is -0.192. The van der Waals surface area contributed by atoms with Gasteiger partial charge in [-0.15, -0.1) is 0 Å². The lowest BCUT2D eigenvalue weighted by atomic mass is 10.3. The molecule has 0 unspecified atom stereocenters. The van der Waals surface area contributed by atoms with Crippen molar-refractivity contribution >= 4 is 21.9 Å². The van der Waals surface area contributed by atoms with E-state index < -0.39 is 22.2 Å². The largest absolute Gasteiger partial charge is 0.490 e. The van der Waals surface area contributed by atoms with E-state index in [0.29, 0.717) is 13.1 Å². The predicted octanol–water partition coefficient (Wildman–Crippen LogP) is 0.389. The predicted molar refractivity (Wildman–Crippen MR) is 100 cm³/mol. The van der Waals surface area contributed by atoms with Crippen LogP contribution in [-0.4, -0.2) is 93.8 Å². The van der Waals surface area contributed by atoms with E-state index in [-0.39, 0.29) is 30.5 Å². The summed E-state index contributed by atoms with van der Waals surface area (Å²) >= 11 is 0. The number of rotatable bonds is 7. The fourth-order valence-corrected chi connectivity index (χ4v) is 3.78. The first-order valence-corrected chi connectivity index (χ1v) is 10.3. The SMILES string of the molecule is COCCN(CC(=O)N1CCNCC1)S(=O)(=O)c1ccccc1.O=C(O)C(F)(F)F.